The van der Waals surface area contributed by atoms with Gasteiger partial charge in [-0.15, -0.1) is 0 Å². The molecular formula is C21H30F2O3. The molecule has 26 heavy (non-hydrogen) atoms. The summed E-state index contributed by atoms with van der Waals surface area (Å²) in [6.07, 6.45) is 7.25. The predicted octanol–water partition coefficient (Wildman–Crippen LogP) is 4.92. The summed E-state index contributed by atoms with van der Waals surface area (Å²) >= 11 is 0. The van der Waals surface area contributed by atoms with E-state index in [9.17, 15) is 13.9 Å². The van der Waals surface area contributed by atoms with E-state index in [0.717, 1.165) is 56.9 Å². The van der Waals surface area contributed by atoms with Gasteiger partial charge in [0.25, 0.3) is 0 Å². The van der Waals surface area contributed by atoms with E-state index in [2.05, 4.69) is 0 Å². The van der Waals surface area contributed by atoms with Crippen LogP contribution < -0.4 is 0 Å². The maximum Gasteiger partial charge on any atom is 0.159 e. The number of ether oxygens (including phenoxy) is 2. The minimum atomic E-state index is -0.788. The van der Waals surface area contributed by atoms with Gasteiger partial charge in [0.1, 0.15) is 0 Å². The second-order valence-electron chi connectivity index (χ2n) is 7.86. The van der Waals surface area contributed by atoms with E-state index < -0.39 is 11.6 Å². The molecule has 1 atom stereocenters. The number of aliphatic hydroxyl groups is 1. The number of hydrogen-bond acceptors (Lipinski definition) is 3. The van der Waals surface area contributed by atoms with Gasteiger partial charge in [0.2, 0.25) is 0 Å². The van der Waals surface area contributed by atoms with Crippen LogP contribution in [0.5, 0.6) is 0 Å². The van der Waals surface area contributed by atoms with E-state index in [-0.39, 0.29) is 24.4 Å². The maximum atomic E-state index is 13.4. The van der Waals surface area contributed by atoms with Crippen LogP contribution in [0.2, 0.25) is 0 Å². The summed E-state index contributed by atoms with van der Waals surface area (Å²) < 4.78 is 38.4. The molecule has 0 bridgehead atoms. The van der Waals surface area contributed by atoms with Crippen molar-refractivity contribution in [2.45, 2.75) is 82.7 Å². The summed E-state index contributed by atoms with van der Waals surface area (Å²) in [7, 11) is 0. The first-order valence-electron chi connectivity index (χ1n) is 9.91. The highest BCUT2D eigenvalue weighted by molar-refractivity contribution is 5.22. The molecule has 5 heteroatoms. The molecule has 0 spiro atoms. The van der Waals surface area contributed by atoms with Crippen LogP contribution in [-0.2, 0) is 9.47 Å². The van der Waals surface area contributed by atoms with Gasteiger partial charge in [-0.05, 0) is 87.8 Å². The highest BCUT2D eigenvalue weighted by Crippen LogP contribution is 2.35. The van der Waals surface area contributed by atoms with Crippen LogP contribution in [0.1, 0.15) is 69.8 Å². The number of rotatable bonds is 6. The lowest BCUT2D eigenvalue weighted by molar-refractivity contribution is -0.174. The minimum Gasteiger partial charge on any atom is -0.393 e. The van der Waals surface area contributed by atoms with Gasteiger partial charge in [-0.3, -0.25) is 0 Å². The highest BCUT2D eigenvalue weighted by Gasteiger charge is 2.26. The van der Waals surface area contributed by atoms with Gasteiger partial charge in [0, 0.05) is 0 Å². The van der Waals surface area contributed by atoms with Crippen molar-refractivity contribution in [1.82, 2.24) is 0 Å². The second kappa shape index (κ2) is 9.25. The third kappa shape index (κ3) is 5.48. The van der Waals surface area contributed by atoms with Gasteiger partial charge in [-0.2, -0.15) is 0 Å². The molecule has 1 aromatic rings. The highest BCUT2D eigenvalue weighted by atomic mass is 19.2. The van der Waals surface area contributed by atoms with E-state index in [1.54, 1.807) is 6.07 Å². The molecular weight excluding hydrogens is 338 g/mol. The zero-order valence-corrected chi connectivity index (χ0v) is 15.5. The molecule has 1 N–H and O–H groups in total. The van der Waals surface area contributed by atoms with Crippen molar-refractivity contribution in [1.29, 1.82) is 0 Å². The topological polar surface area (TPSA) is 38.7 Å². The summed E-state index contributed by atoms with van der Waals surface area (Å²) in [5.41, 5.74) is 0.881. The van der Waals surface area contributed by atoms with Crippen molar-refractivity contribution < 1.29 is 23.4 Å². The first-order chi connectivity index (χ1) is 12.5. The molecule has 3 nitrogen and oxygen atoms in total. The van der Waals surface area contributed by atoms with Gasteiger partial charge in [0.15, 0.2) is 17.9 Å². The van der Waals surface area contributed by atoms with Crippen molar-refractivity contribution in [3.05, 3.63) is 35.4 Å². The van der Waals surface area contributed by atoms with Crippen LogP contribution in [0.3, 0.4) is 0 Å². The lowest BCUT2D eigenvalue weighted by Crippen LogP contribution is -2.29. The fourth-order valence-corrected chi connectivity index (χ4v) is 4.19. The number of halogens is 2. The van der Waals surface area contributed by atoms with E-state index in [1.165, 1.54) is 12.1 Å². The fourth-order valence-electron chi connectivity index (χ4n) is 4.19. The van der Waals surface area contributed by atoms with E-state index in [4.69, 9.17) is 9.47 Å². The smallest absolute Gasteiger partial charge is 0.159 e. The fraction of sp³-hybridized carbons (Fsp3) is 0.714. The van der Waals surface area contributed by atoms with E-state index in [1.807, 2.05) is 6.92 Å². The van der Waals surface area contributed by atoms with Crippen LogP contribution in [0.15, 0.2) is 18.2 Å². The molecule has 1 unspecified atom stereocenters. The van der Waals surface area contributed by atoms with Crippen molar-refractivity contribution in [3.8, 4) is 0 Å². The van der Waals surface area contributed by atoms with Gasteiger partial charge in [-0.25, -0.2) is 8.78 Å². The quantitative estimate of drug-likeness (QED) is 0.724. The average Bonchev–Trinajstić information content (AvgIpc) is 2.64. The van der Waals surface area contributed by atoms with Crippen molar-refractivity contribution in [2.24, 2.45) is 5.92 Å². The molecule has 2 aliphatic rings. The Kier molecular flexibility index (Phi) is 7.01. The van der Waals surface area contributed by atoms with E-state index in [0.29, 0.717) is 12.5 Å². The van der Waals surface area contributed by atoms with Gasteiger partial charge in [-0.1, -0.05) is 6.07 Å². The summed E-state index contributed by atoms with van der Waals surface area (Å²) in [5, 5.41) is 9.55. The van der Waals surface area contributed by atoms with Crippen LogP contribution in [0.4, 0.5) is 8.78 Å². The monoisotopic (exact) mass is 368 g/mol. The molecule has 0 aliphatic heterocycles. The summed E-state index contributed by atoms with van der Waals surface area (Å²) in [6, 6.07) is 4.23. The zero-order chi connectivity index (χ0) is 18.5. The van der Waals surface area contributed by atoms with Crippen molar-refractivity contribution in [2.75, 3.05) is 6.61 Å². The lowest BCUT2D eigenvalue weighted by atomic mass is 9.82. The largest absolute Gasteiger partial charge is 0.393 e. The standard InChI is InChI=1S/C21H30F2O3/c1-14(25-13-15-2-7-18(24)8-3-15)26-19-9-4-16(5-10-19)17-6-11-20(22)21(23)12-17/h6,11-12,14-16,18-19,24H,2-5,7-10,13H2,1H3. The molecule has 0 heterocycles. The summed E-state index contributed by atoms with van der Waals surface area (Å²) in [4.78, 5) is 0. The third-order valence-electron chi connectivity index (χ3n) is 5.86. The molecule has 3 rings (SSSR count). The molecule has 0 aromatic heterocycles. The van der Waals surface area contributed by atoms with E-state index >= 15 is 0 Å². The van der Waals surface area contributed by atoms with Crippen molar-refractivity contribution >= 4 is 0 Å². The Morgan fingerprint density at radius 1 is 1.00 bits per heavy atom. The zero-order valence-electron chi connectivity index (χ0n) is 15.5. The Balaban J connectivity index is 1.37. The maximum absolute atomic E-state index is 13.4. The normalized spacial score (nSPS) is 30.9. The SMILES string of the molecule is CC(OCC1CCC(O)CC1)OC1CCC(c2ccc(F)c(F)c2)CC1. The molecule has 0 saturated heterocycles. The van der Waals surface area contributed by atoms with Crippen LogP contribution in [0, 0.1) is 17.6 Å². The van der Waals surface area contributed by atoms with Gasteiger partial charge >= 0.3 is 0 Å². The minimum absolute atomic E-state index is 0.135. The number of aliphatic hydroxyl groups excluding tert-OH is 1. The molecule has 2 aliphatic carbocycles. The molecule has 1 aromatic carbocycles. The Hall–Kier alpha value is -1.04. The first kappa shape index (κ1) is 19.7. The number of hydrogen-bond donors (Lipinski definition) is 1. The molecule has 0 amide bonds. The van der Waals surface area contributed by atoms with Crippen LogP contribution in [0.25, 0.3) is 0 Å². The Morgan fingerprint density at radius 2 is 1.69 bits per heavy atom. The molecule has 0 radical (unpaired) electrons. The first-order valence-corrected chi connectivity index (χ1v) is 9.91. The van der Waals surface area contributed by atoms with Gasteiger partial charge in [0.05, 0.1) is 18.8 Å². The summed E-state index contributed by atoms with van der Waals surface area (Å²) in [6.45, 7) is 2.64. The van der Waals surface area contributed by atoms with Crippen molar-refractivity contribution in [3.63, 3.8) is 0 Å². The van der Waals surface area contributed by atoms with Gasteiger partial charge < -0.3 is 14.6 Å². The molecule has 2 fully saturated rings. The molecule has 2 saturated carbocycles. The summed E-state index contributed by atoms with van der Waals surface area (Å²) in [5.74, 6) is -0.759. The Labute approximate surface area is 154 Å². The average molecular weight is 368 g/mol. The van der Waals surface area contributed by atoms with Crippen LogP contribution in [-0.4, -0.2) is 30.2 Å². The molecule has 146 valence electrons. The lowest BCUT2D eigenvalue weighted by Gasteiger charge is -2.31. The second-order valence-corrected chi connectivity index (χ2v) is 7.86. The van der Waals surface area contributed by atoms with Crippen LogP contribution >= 0.6 is 0 Å². The Morgan fingerprint density at radius 3 is 2.35 bits per heavy atom. The predicted molar refractivity (Wildman–Crippen MR) is 95.8 cm³/mol. The Bertz CT molecular complexity index is 564. The third-order valence-corrected chi connectivity index (χ3v) is 5.86. The number of benzene rings is 1.